The molecular formula is C10H17N. The minimum atomic E-state index is 0.256. The lowest BCUT2D eigenvalue weighted by atomic mass is 9.66. The van der Waals surface area contributed by atoms with Crippen LogP contribution in [0.2, 0.25) is 0 Å². The third-order valence-electron chi connectivity index (χ3n) is 2.92. The molecule has 0 amide bonds. The second-order valence-electron chi connectivity index (χ2n) is 4.56. The second kappa shape index (κ2) is 2.85. The molecule has 1 saturated carbocycles. The molecule has 2 atom stereocenters. The fraction of sp³-hybridized carbons (Fsp3) is 0.900. The van der Waals surface area contributed by atoms with Gasteiger partial charge in [-0.3, -0.25) is 0 Å². The van der Waals surface area contributed by atoms with Gasteiger partial charge < -0.3 is 0 Å². The summed E-state index contributed by atoms with van der Waals surface area (Å²) >= 11 is 0. The molecule has 0 bridgehead atoms. The zero-order valence-corrected chi connectivity index (χ0v) is 7.72. The van der Waals surface area contributed by atoms with E-state index in [0.29, 0.717) is 5.92 Å². The molecule has 11 heavy (non-hydrogen) atoms. The van der Waals surface area contributed by atoms with Crippen molar-refractivity contribution in [2.75, 3.05) is 0 Å². The molecule has 0 heterocycles. The van der Waals surface area contributed by atoms with E-state index in [-0.39, 0.29) is 5.41 Å². The van der Waals surface area contributed by atoms with Gasteiger partial charge in [0.1, 0.15) is 0 Å². The van der Waals surface area contributed by atoms with Crippen molar-refractivity contribution in [1.82, 2.24) is 0 Å². The van der Waals surface area contributed by atoms with Crippen molar-refractivity contribution >= 4 is 0 Å². The van der Waals surface area contributed by atoms with Crippen molar-refractivity contribution < 1.29 is 0 Å². The third kappa shape index (κ3) is 1.74. The Morgan fingerprint density at radius 1 is 1.36 bits per heavy atom. The number of rotatable bonds is 0. The first-order valence-corrected chi connectivity index (χ1v) is 4.46. The molecule has 1 fully saturated rings. The maximum absolute atomic E-state index is 8.86. The highest BCUT2D eigenvalue weighted by atomic mass is 14.4. The molecule has 2 unspecified atom stereocenters. The van der Waals surface area contributed by atoms with Crippen LogP contribution in [0.1, 0.15) is 40.0 Å². The first-order valence-electron chi connectivity index (χ1n) is 4.46. The number of hydrogen-bond donors (Lipinski definition) is 0. The summed E-state index contributed by atoms with van der Waals surface area (Å²) in [6, 6.07) is 2.41. The molecule has 0 spiro atoms. The molecule has 0 N–H and O–H groups in total. The fourth-order valence-corrected chi connectivity index (χ4v) is 2.22. The van der Waals surface area contributed by atoms with Crippen LogP contribution in [0.5, 0.6) is 0 Å². The lowest BCUT2D eigenvalue weighted by Gasteiger charge is -2.37. The molecule has 0 radical (unpaired) electrons. The van der Waals surface area contributed by atoms with Gasteiger partial charge in [0.25, 0.3) is 0 Å². The predicted octanol–water partition coefficient (Wildman–Crippen LogP) is 2.97. The van der Waals surface area contributed by atoms with Crippen molar-refractivity contribution in [3.63, 3.8) is 0 Å². The number of hydrogen-bond acceptors (Lipinski definition) is 1. The highest BCUT2D eigenvalue weighted by molar-refractivity contribution is 4.96. The Bertz CT molecular complexity index is 176. The summed E-state index contributed by atoms with van der Waals surface area (Å²) < 4.78 is 0. The largest absolute Gasteiger partial charge is 0.198 e. The third-order valence-corrected chi connectivity index (χ3v) is 2.92. The molecule has 1 heteroatoms. The molecule has 1 rings (SSSR count). The van der Waals surface area contributed by atoms with Gasteiger partial charge in [-0.2, -0.15) is 5.26 Å². The molecule has 1 nitrogen and oxygen atoms in total. The average Bonchev–Trinajstić information content (AvgIpc) is 1.85. The van der Waals surface area contributed by atoms with Crippen LogP contribution < -0.4 is 0 Å². The summed E-state index contributed by atoms with van der Waals surface area (Å²) in [5.74, 6) is 1.10. The lowest BCUT2D eigenvalue weighted by Crippen LogP contribution is -2.30. The van der Waals surface area contributed by atoms with Gasteiger partial charge in [-0.05, 0) is 30.6 Å². The Kier molecular flexibility index (Phi) is 2.23. The summed E-state index contributed by atoms with van der Waals surface area (Å²) in [4.78, 5) is 0. The molecule has 0 aliphatic heterocycles. The first-order chi connectivity index (χ1) is 5.06. The zero-order valence-electron chi connectivity index (χ0n) is 7.72. The van der Waals surface area contributed by atoms with Gasteiger partial charge in [0.05, 0.1) is 12.0 Å². The van der Waals surface area contributed by atoms with Gasteiger partial charge in [-0.15, -0.1) is 0 Å². The van der Waals surface area contributed by atoms with E-state index in [2.05, 4.69) is 26.8 Å². The maximum Gasteiger partial charge on any atom is 0.0661 e. The topological polar surface area (TPSA) is 23.8 Å². The molecular weight excluding hydrogens is 134 g/mol. The quantitative estimate of drug-likeness (QED) is 0.522. The van der Waals surface area contributed by atoms with Gasteiger partial charge in [-0.25, -0.2) is 0 Å². The van der Waals surface area contributed by atoms with E-state index in [1.165, 1.54) is 12.8 Å². The van der Waals surface area contributed by atoms with Crippen molar-refractivity contribution in [3.8, 4) is 6.07 Å². The summed E-state index contributed by atoms with van der Waals surface area (Å²) in [5, 5.41) is 8.86. The van der Waals surface area contributed by atoms with E-state index in [0.717, 1.165) is 12.3 Å². The normalized spacial score (nSPS) is 36.2. The van der Waals surface area contributed by atoms with E-state index in [4.69, 9.17) is 5.26 Å². The zero-order chi connectivity index (χ0) is 8.48. The Hall–Kier alpha value is -0.510. The number of nitrogens with zero attached hydrogens (tertiary/aromatic N) is 1. The SMILES string of the molecule is CC1CCC(C#N)C(C)(C)C1. The molecule has 1 aliphatic carbocycles. The standard InChI is InChI=1S/C10H17N/c1-8-4-5-9(7-11)10(2,3)6-8/h8-9H,4-6H2,1-3H3. The summed E-state index contributed by atoms with van der Waals surface area (Å²) in [6.07, 6.45) is 3.55. The molecule has 0 aromatic carbocycles. The van der Waals surface area contributed by atoms with E-state index in [1.807, 2.05) is 0 Å². The second-order valence-corrected chi connectivity index (χ2v) is 4.56. The monoisotopic (exact) mass is 151 g/mol. The Labute approximate surface area is 69.4 Å². The number of nitriles is 1. The van der Waals surface area contributed by atoms with Gasteiger partial charge >= 0.3 is 0 Å². The first kappa shape index (κ1) is 8.59. The van der Waals surface area contributed by atoms with Crippen molar-refractivity contribution in [2.45, 2.75) is 40.0 Å². The van der Waals surface area contributed by atoms with Crippen molar-refractivity contribution in [3.05, 3.63) is 0 Å². The van der Waals surface area contributed by atoms with Crippen LogP contribution in [-0.2, 0) is 0 Å². The maximum atomic E-state index is 8.86. The van der Waals surface area contributed by atoms with Crippen LogP contribution in [0.4, 0.5) is 0 Å². The van der Waals surface area contributed by atoms with Crippen molar-refractivity contribution in [1.29, 1.82) is 5.26 Å². The summed E-state index contributed by atoms with van der Waals surface area (Å²) in [7, 11) is 0. The van der Waals surface area contributed by atoms with Crippen LogP contribution in [0.3, 0.4) is 0 Å². The lowest BCUT2D eigenvalue weighted by molar-refractivity contribution is 0.140. The minimum absolute atomic E-state index is 0.256. The van der Waals surface area contributed by atoms with Crippen LogP contribution in [0.15, 0.2) is 0 Å². The van der Waals surface area contributed by atoms with Crippen LogP contribution in [0, 0.1) is 28.6 Å². The highest BCUT2D eigenvalue weighted by Crippen LogP contribution is 2.42. The molecule has 0 aromatic rings. The van der Waals surface area contributed by atoms with E-state index >= 15 is 0 Å². The van der Waals surface area contributed by atoms with Gasteiger partial charge in [0.15, 0.2) is 0 Å². The average molecular weight is 151 g/mol. The molecule has 0 aromatic heterocycles. The van der Waals surface area contributed by atoms with Gasteiger partial charge in [-0.1, -0.05) is 20.8 Å². The molecule has 0 saturated heterocycles. The molecule has 1 aliphatic rings. The van der Waals surface area contributed by atoms with Gasteiger partial charge in [0.2, 0.25) is 0 Å². The van der Waals surface area contributed by atoms with Crippen LogP contribution >= 0.6 is 0 Å². The summed E-state index contributed by atoms with van der Waals surface area (Å²) in [6.45, 7) is 6.72. The van der Waals surface area contributed by atoms with Crippen LogP contribution in [0.25, 0.3) is 0 Å². The van der Waals surface area contributed by atoms with Gasteiger partial charge in [0, 0.05) is 0 Å². The van der Waals surface area contributed by atoms with Crippen molar-refractivity contribution in [2.24, 2.45) is 17.3 Å². The Balaban J connectivity index is 2.66. The van der Waals surface area contributed by atoms with E-state index < -0.39 is 0 Å². The highest BCUT2D eigenvalue weighted by Gasteiger charge is 2.34. The summed E-state index contributed by atoms with van der Waals surface area (Å²) in [5.41, 5.74) is 0.256. The smallest absolute Gasteiger partial charge is 0.0661 e. The van der Waals surface area contributed by atoms with E-state index in [9.17, 15) is 0 Å². The van der Waals surface area contributed by atoms with E-state index in [1.54, 1.807) is 0 Å². The molecule has 62 valence electrons. The Morgan fingerprint density at radius 3 is 2.45 bits per heavy atom. The minimum Gasteiger partial charge on any atom is -0.198 e. The predicted molar refractivity (Wildman–Crippen MR) is 45.9 cm³/mol. The Morgan fingerprint density at radius 2 is 2.00 bits per heavy atom. The fourth-order valence-electron chi connectivity index (χ4n) is 2.22. The van der Waals surface area contributed by atoms with Crippen LogP contribution in [-0.4, -0.2) is 0 Å².